The quantitative estimate of drug-likeness (QED) is 0.764. The average molecular weight is 339 g/mol. The van der Waals surface area contributed by atoms with Crippen LogP contribution in [-0.4, -0.2) is 27.5 Å². The zero-order chi connectivity index (χ0) is 15.3. The van der Waals surface area contributed by atoms with E-state index in [1.54, 1.807) is 0 Å². The van der Waals surface area contributed by atoms with E-state index in [9.17, 15) is 13.2 Å². The standard InChI is InChI=1S/C11H12Cl2N2O4S/c1-2-3-15-11(16)6-19-9-4-8(13)10(5-7(9)12)20(14,17)18/h2,4-5H,1,3,6H2,(H,15,16)(H2,14,17,18). The lowest BCUT2D eigenvalue weighted by Gasteiger charge is -2.10. The molecule has 0 saturated carbocycles. The Morgan fingerprint density at radius 3 is 2.60 bits per heavy atom. The molecule has 0 heterocycles. The zero-order valence-corrected chi connectivity index (χ0v) is 12.6. The first-order valence-corrected chi connectivity index (χ1v) is 7.58. The molecule has 110 valence electrons. The highest BCUT2D eigenvalue weighted by atomic mass is 35.5. The van der Waals surface area contributed by atoms with Crippen molar-refractivity contribution in [3.05, 3.63) is 34.8 Å². The number of rotatable bonds is 6. The van der Waals surface area contributed by atoms with Gasteiger partial charge in [-0.25, -0.2) is 13.6 Å². The minimum Gasteiger partial charge on any atom is -0.482 e. The van der Waals surface area contributed by atoms with Crippen molar-refractivity contribution in [3.63, 3.8) is 0 Å². The van der Waals surface area contributed by atoms with E-state index in [-0.39, 0.29) is 33.2 Å². The Kier molecular flexibility index (Phi) is 5.82. The fourth-order valence-electron chi connectivity index (χ4n) is 1.22. The van der Waals surface area contributed by atoms with Crippen molar-refractivity contribution in [1.29, 1.82) is 0 Å². The second-order valence-electron chi connectivity index (χ2n) is 3.64. The maximum Gasteiger partial charge on any atom is 0.258 e. The molecule has 0 aliphatic rings. The first-order chi connectivity index (χ1) is 9.25. The van der Waals surface area contributed by atoms with Gasteiger partial charge in [0.15, 0.2) is 6.61 Å². The summed E-state index contributed by atoms with van der Waals surface area (Å²) >= 11 is 11.6. The van der Waals surface area contributed by atoms with Crippen LogP contribution in [0.5, 0.6) is 5.75 Å². The largest absolute Gasteiger partial charge is 0.482 e. The Labute approximate surface area is 126 Å². The molecule has 0 unspecified atom stereocenters. The van der Waals surface area contributed by atoms with E-state index < -0.39 is 10.0 Å². The molecular weight excluding hydrogens is 327 g/mol. The molecule has 0 radical (unpaired) electrons. The van der Waals surface area contributed by atoms with Crippen LogP contribution >= 0.6 is 23.2 Å². The van der Waals surface area contributed by atoms with Crippen molar-refractivity contribution in [1.82, 2.24) is 5.32 Å². The molecular formula is C11H12Cl2N2O4S. The smallest absolute Gasteiger partial charge is 0.258 e. The highest BCUT2D eigenvalue weighted by molar-refractivity contribution is 7.89. The van der Waals surface area contributed by atoms with Crippen LogP contribution in [-0.2, 0) is 14.8 Å². The number of ether oxygens (including phenoxy) is 1. The number of carbonyl (C=O) groups is 1. The number of nitrogens with two attached hydrogens (primary N) is 1. The maximum absolute atomic E-state index is 11.3. The molecule has 0 aromatic heterocycles. The second-order valence-corrected chi connectivity index (χ2v) is 5.98. The highest BCUT2D eigenvalue weighted by Crippen LogP contribution is 2.32. The topological polar surface area (TPSA) is 98.5 Å². The highest BCUT2D eigenvalue weighted by Gasteiger charge is 2.17. The molecule has 0 saturated heterocycles. The average Bonchev–Trinajstić information content (AvgIpc) is 2.35. The SMILES string of the molecule is C=CCNC(=O)COc1cc(Cl)c(S(N)(=O)=O)cc1Cl. The summed E-state index contributed by atoms with van der Waals surface area (Å²) in [6, 6.07) is 2.25. The van der Waals surface area contributed by atoms with E-state index in [0.29, 0.717) is 6.54 Å². The number of hydrogen-bond acceptors (Lipinski definition) is 4. The third-order valence-electron chi connectivity index (χ3n) is 2.10. The summed E-state index contributed by atoms with van der Waals surface area (Å²) in [4.78, 5) is 11.0. The number of primary sulfonamides is 1. The first-order valence-electron chi connectivity index (χ1n) is 5.28. The number of amides is 1. The summed E-state index contributed by atoms with van der Waals surface area (Å²) in [6.07, 6.45) is 1.52. The Morgan fingerprint density at radius 2 is 2.05 bits per heavy atom. The second kappa shape index (κ2) is 6.94. The Balaban J connectivity index is 2.86. The monoisotopic (exact) mass is 338 g/mol. The van der Waals surface area contributed by atoms with Crippen molar-refractivity contribution in [2.45, 2.75) is 4.90 Å². The molecule has 0 spiro atoms. The van der Waals surface area contributed by atoms with Gasteiger partial charge in [0.05, 0.1) is 10.0 Å². The molecule has 0 aliphatic heterocycles. The van der Waals surface area contributed by atoms with Crippen molar-refractivity contribution in [3.8, 4) is 5.75 Å². The summed E-state index contributed by atoms with van der Waals surface area (Å²) in [5.74, 6) is -0.301. The van der Waals surface area contributed by atoms with E-state index in [1.807, 2.05) is 0 Å². The number of sulfonamides is 1. The fourth-order valence-corrected chi connectivity index (χ4v) is 2.59. The molecule has 0 fully saturated rings. The molecule has 1 aromatic carbocycles. The summed E-state index contributed by atoms with van der Waals surface area (Å²) < 4.78 is 27.6. The van der Waals surface area contributed by atoms with E-state index in [1.165, 1.54) is 12.1 Å². The van der Waals surface area contributed by atoms with Crippen LogP contribution in [0.1, 0.15) is 0 Å². The summed E-state index contributed by atoms with van der Waals surface area (Å²) in [7, 11) is -3.98. The molecule has 1 amide bonds. The first kappa shape index (κ1) is 16.8. The van der Waals surface area contributed by atoms with Gasteiger partial charge in [-0.3, -0.25) is 4.79 Å². The third-order valence-corrected chi connectivity index (χ3v) is 3.77. The maximum atomic E-state index is 11.3. The van der Waals surface area contributed by atoms with E-state index >= 15 is 0 Å². The van der Waals surface area contributed by atoms with Crippen LogP contribution in [0, 0.1) is 0 Å². The number of carbonyl (C=O) groups excluding carboxylic acids is 1. The molecule has 20 heavy (non-hydrogen) atoms. The van der Waals surface area contributed by atoms with Crippen LogP contribution in [0.3, 0.4) is 0 Å². The van der Waals surface area contributed by atoms with Crippen LogP contribution in [0.2, 0.25) is 10.0 Å². The van der Waals surface area contributed by atoms with Crippen molar-refractivity contribution < 1.29 is 17.9 Å². The Morgan fingerprint density at radius 1 is 1.40 bits per heavy atom. The van der Waals surface area contributed by atoms with Crippen molar-refractivity contribution in [2.24, 2.45) is 5.14 Å². The minimum absolute atomic E-state index is 0.0186. The van der Waals surface area contributed by atoms with Crippen LogP contribution in [0.15, 0.2) is 29.7 Å². The van der Waals surface area contributed by atoms with Gasteiger partial charge in [-0.15, -0.1) is 6.58 Å². The van der Waals surface area contributed by atoms with Gasteiger partial charge in [0.1, 0.15) is 10.6 Å². The molecule has 1 aromatic rings. The van der Waals surface area contributed by atoms with Crippen LogP contribution in [0.4, 0.5) is 0 Å². The van der Waals surface area contributed by atoms with Gasteiger partial charge < -0.3 is 10.1 Å². The van der Waals surface area contributed by atoms with E-state index in [4.69, 9.17) is 33.1 Å². The van der Waals surface area contributed by atoms with Crippen LogP contribution in [0.25, 0.3) is 0 Å². The lowest BCUT2D eigenvalue weighted by atomic mass is 10.3. The Bertz CT molecular complexity index is 632. The predicted octanol–water partition coefficient (Wildman–Crippen LogP) is 1.32. The number of hydrogen-bond donors (Lipinski definition) is 2. The summed E-state index contributed by atoms with van der Waals surface area (Å²) in [5, 5.41) is 7.31. The van der Waals surface area contributed by atoms with Crippen molar-refractivity contribution in [2.75, 3.05) is 13.2 Å². The van der Waals surface area contributed by atoms with Gasteiger partial charge in [-0.05, 0) is 6.07 Å². The fraction of sp³-hybridized carbons (Fsp3) is 0.182. The number of nitrogens with one attached hydrogen (secondary N) is 1. The Hall–Kier alpha value is -1.28. The number of benzene rings is 1. The van der Waals surface area contributed by atoms with Gasteiger partial charge in [0.2, 0.25) is 10.0 Å². The van der Waals surface area contributed by atoms with Gasteiger partial charge in [-0.2, -0.15) is 0 Å². The molecule has 0 bridgehead atoms. The van der Waals surface area contributed by atoms with Gasteiger partial charge in [-0.1, -0.05) is 29.3 Å². The number of halogens is 2. The molecule has 1 rings (SSSR count). The lowest BCUT2D eigenvalue weighted by Crippen LogP contribution is -2.28. The third kappa shape index (κ3) is 4.68. The molecule has 0 aliphatic carbocycles. The van der Waals surface area contributed by atoms with Gasteiger partial charge in [0, 0.05) is 12.6 Å². The summed E-state index contributed by atoms with van der Waals surface area (Å²) in [6.45, 7) is 3.46. The molecule has 9 heteroatoms. The van der Waals surface area contributed by atoms with Crippen LogP contribution < -0.4 is 15.2 Å². The van der Waals surface area contributed by atoms with Gasteiger partial charge in [0.25, 0.3) is 5.91 Å². The minimum atomic E-state index is -3.98. The zero-order valence-electron chi connectivity index (χ0n) is 10.2. The normalized spacial score (nSPS) is 10.9. The van der Waals surface area contributed by atoms with Crippen molar-refractivity contribution >= 4 is 39.1 Å². The van der Waals surface area contributed by atoms with E-state index in [2.05, 4.69) is 11.9 Å². The molecule has 3 N–H and O–H groups in total. The molecule has 6 nitrogen and oxygen atoms in total. The predicted molar refractivity (Wildman–Crippen MR) is 76.5 cm³/mol. The lowest BCUT2D eigenvalue weighted by molar-refractivity contribution is -0.122. The molecule has 0 atom stereocenters. The van der Waals surface area contributed by atoms with Gasteiger partial charge >= 0.3 is 0 Å². The summed E-state index contributed by atoms with van der Waals surface area (Å²) in [5.41, 5.74) is 0. The van der Waals surface area contributed by atoms with E-state index in [0.717, 1.165) is 6.07 Å².